The van der Waals surface area contributed by atoms with Crippen LogP contribution in [0.15, 0.2) is 71.6 Å². The Hall–Kier alpha value is -3.49. The first kappa shape index (κ1) is 24.6. The van der Waals surface area contributed by atoms with Gasteiger partial charge in [0.05, 0.1) is 4.90 Å². The van der Waals surface area contributed by atoms with Crippen LogP contribution in [-0.2, 0) is 16.4 Å². The minimum absolute atomic E-state index is 0.0852. The van der Waals surface area contributed by atoms with Crippen molar-refractivity contribution in [3.05, 3.63) is 89.0 Å². The summed E-state index contributed by atoms with van der Waals surface area (Å²) in [6.45, 7) is 6.66. The van der Waals surface area contributed by atoms with Crippen molar-refractivity contribution in [2.24, 2.45) is 0 Å². The molecule has 1 heterocycles. The van der Waals surface area contributed by atoms with E-state index >= 15 is 0 Å². The fourth-order valence-electron chi connectivity index (χ4n) is 4.32. The summed E-state index contributed by atoms with van der Waals surface area (Å²) >= 11 is 0. The molecule has 0 unspecified atom stereocenters. The quantitative estimate of drug-likeness (QED) is 0.528. The molecular formula is C27H29N3O4S. The fourth-order valence-corrected chi connectivity index (χ4v) is 5.80. The molecule has 3 aromatic carbocycles. The van der Waals surface area contributed by atoms with E-state index in [0.717, 1.165) is 17.7 Å². The number of nitrogens with zero attached hydrogens (tertiary/aromatic N) is 2. The molecular weight excluding hydrogens is 462 g/mol. The summed E-state index contributed by atoms with van der Waals surface area (Å²) in [7, 11) is -3.68. The Kier molecular flexibility index (Phi) is 7.05. The number of benzene rings is 3. The third-order valence-electron chi connectivity index (χ3n) is 6.32. The highest BCUT2D eigenvalue weighted by atomic mass is 32.2. The molecule has 0 aromatic heterocycles. The largest absolute Gasteiger partial charge is 0.322 e. The Morgan fingerprint density at radius 1 is 0.971 bits per heavy atom. The van der Waals surface area contributed by atoms with Crippen molar-refractivity contribution in [1.82, 2.24) is 4.31 Å². The minimum Gasteiger partial charge on any atom is -0.322 e. The van der Waals surface area contributed by atoms with Crippen LogP contribution in [0.5, 0.6) is 0 Å². The molecule has 0 saturated carbocycles. The fraction of sp³-hybridized carbons (Fsp3) is 0.259. The van der Waals surface area contributed by atoms with Crippen LogP contribution in [0.1, 0.15) is 45.7 Å². The first-order valence-electron chi connectivity index (χ1n) is 11.7. The zero-order valence-corrected chi connectivity index (χ0v) is 20.9. The van der Waals surface area contributed by atoms with Crippen LogP contribution < -0.4 is 10.2 Å². The van der Waals surface area contributed by atoms with Crippen molar-refractivity contribution >= 4 is 33.2 Å². The van der Waals surface area contributed by atoms with Gasteiger partial charge in [0, 0.05) is 42.1 Å². The highest BCUT2D eigenvalue weighted by molar-refractivity contribution is 7.89. The molecule has 0 radical (unpaired) electrons. The van der Waals surface area contributed by atoms with Crippen molar-refractivity contribution in [2.45, 2.75) is 32.1 Å². The molecule has 0 aliphatic carbocycles. The molecule has 0 atom stereocenters. The van der Waals surface area contributed by atoms with E-state index in [1.807, 2.05) is 24.3 Å². The standard InChI is InChI=1S/C27H29N3O4S/c1-4-29(5-2)35(33,34)23-15-10-19(3)24(18-23)26(31)28-22-13-11-21(12-14-22)27(32)30-17-16-20-8-6-7-9-25(20)30/h6-15,18H,4-5,16-17H2,1-3H3,(H,28,31). The molecule has 1 N–H and O–H groups in total. The van der Waals surface area contributed by atoms with Gasteiger partial charge in [-0.2, -0.15) is 4.31 Å². The lowest BCUT2D eigenvalue weighted by molar-refractivity contribution is 0.0988. The number of hydrogen-bond acceptors (Lipinski definition) is 4. The molecule has 0 fully saturated rings. The van der Waals surface area contributed by atoms with E-state index in [9.17, 15) is 18.0 Å². The molecule has 35 heavy (non-hydrogen) atoms. The molecule has 1 aliphatic heterocycles. The number of fused-ring (bicyclic) bond motifs is 1. The number of amides is 2. The molecule has 0 bridgehead atoms. The maximum atomic E-state index is 13.0. The van der Waals surface area contributed by atoms with Gasteiger partial charge in [0.25, 0.3) is 11.8 Å². The first-order chi connectivity index (χ1) is 16.8. The second kappa shape index (κ2) is 10.0. The Labute approximate surface area is 206 Å². The lowest BCUT2D eigenvalue weighted by Crippen LogP contribution is -2.30. The zero-order valence-electron chi connectivity index (χ0n) is 20.1. The Balaban J connectivity index is 1.51. The molecule has 182 valence electrons. The Bertz CT molecular complexity index is 1360. The lowest BCUT2D eigenvalue weighted by atomic mass is 10.1. The van der Waals surface area contributed by atoms with E-state index in [2.05, 4.69) is 5.32 Å². The van der Waals surface area contributed by atoms with Gasteiger partial charge in [0.1, 0.15) is 0 Å². The van der Waals surface area contributed by atoms with Crippen LogP contribution in [-0.4, -0.2) is 44.2 Å². The summed E-state index contributed by atoms with van der Waals surface area (Å²) < 4.78 is 27.1. The number of para-hydroxylation sites is 1. The molecule has 7 nitrogen and oxygen atoms in total. The second-order valence-electron chi connectivity index (χ2n) is 8.43. The number of hydrogen-bond donors (Lipinski definition) is 1. The third-order valence-corrected chi connectivity index (χ3v) is 8.36. The van der Waals surface area contributed by atoms with Gasteiger partial charge in [-0.25, -0.2) is 8.42 Å². The summed E-state index contributed by atoms with van der Waals surface area (Å²) in [4.78, 5) is 27.9. The van der Waals surface area contributed by atoms with E-state index < -0.39 is 15.9 Å². The number of nitrogens with one attached hydrogen (secondary N) is 1. The maximum Gasteiger partial charge on any atom is 0.258 e. The summed E-state index contributed by atoms with van der Waals surface area (Å²) in [6.07, 6.45) is 0.832. The highest BCUT2D eigenvalue weighted by Crippen LogP contribution is 2.29. The maximum absolute atomic E-state index is 13.0. The van der Waals surface area contributed by atoms with E-state index in [-0.39, 0.29) is 16.4 Å². The summed E-state index contributed by atoms with van der Waals surface area (Å²) in [5.74, 6) is -0.496. The van der Waals surface area contributed by atoms with Crippen LogP contribution in [0, 0.1) is 6.92 Å². The van der Waals surface area contributed by atoms with Gasteiger partial charge in [0.2, 0.25) is 10.0 Å². The van der Waals surface area contributed by atoms with Gasteiger partial charge in [0.15, 0.2) is 0 Å². The molecule has 0 saturated heterocycles. The van der Waals surface area contributed by atoms with E-state index in [0.29, 0.717) is 36.4 Å². The second-order valence-corrected chi connectivity index (χ2v) is 10.4. The van der Waals surface area contributed by atoms with Gasteiger partial charge in [-0.1, -0.05) is 38.1 Å². The number of anilines is 2. The average Bonchev–Trinajstić information content (AvgIpc) is 3.29. The topological polar surface area (TPSA) is 86.8 Å². The summed E-state index contributed by atoms with van der Waals surface area (Å²) in [5, 5.41) is 2.81. The molecule has 1 aliphatic rings. The van der Waals surface area contributed by atoms with Crippen LogP contribution in [0.25, 0.3) is 0 Å². The summed E-state index contributed by atoms with van der Waals surface area (Å²) in [6, 6.07) is 19.2. The Morgan fingerprint density at radius 3 is 2.34 bits per heavy atom. The van der Waals surface area contributed by atoms with Crippen molar-refractivity contribution in [2.75, 3.05) is 29.9 Å². The van der Waals surface area contributed by atoms with Crippen LogP contribution in [0.4, 0.5) is 11.4 Å². The van der Waals surface area contributed by atoms with E-state index in [1.54, 1.807) is 56.0 Å². The van der Waals surface area contributed by atoms with Gasteiger partial charge in [-0.3, -0.25) is 9.59 Å². The predicted molar refractivity (Wildman–Crippen MR) is 138 cm³/mol. The molecule has 3 aromatic rings. The van der Waals surface area contributed by atoms with Crippen LogP contribution in [0.2, 0.25) is 0 Å². The van der Waals surface area contributed by atoms with Crippen LogP contribution in [0.3, 0.4) is 0 Å². The predicted octanol–water partition coefficient (Wildman–Crippen LogP) is 4.48. The average molecular weight is 492 g/mol. The number of carbonyl (C=O) groups is 2. The smallest absolute Gasteiger partial charge is 0.258 e. The summed E-state index contributed by atoms with van der Waals surface area (Å²) in [5.41, 5.74) is 4.09. The van der Waals surface area contributed by atoms with Gasteiger partial charge in [-0.15, -0.1) is 0 Å². The van der Waals surface area contributed by atoms with Gasteiger partial charge < -0.3 is 10.2 Å². The molecule has 4 rings (SSSR count). The minimum atomic E-state index is -3.68. The van der Waals surface area contributed by atoms with Crippen molar-refractivity contribution < 1.29 is 18.0 Å². The number of carbonyl (C=O) groups excluding carboxylic acids is 2. The normalized spacial score (nSPS) is 13.1. The SMILES string of the molecule is CCN(CC)S(=O)(=O)c1ccc(C)c(C(=O)Nc2ccc(C(=O)N3CCc4ccccc43)cc2)c1. The van der Waals surface area contributed by atoms with E-state index in [1.165, 1.54) is 16.4 Å². The lowest BCUT2D eigenvalue weighted by Gasteiger charge is -2.19. The van der Waals surface area contributed by atoms with Gasteiger partial charge >= 0.3 is 0 Å². The van der Waals surface area contributed by atoms with Crippen molar-refractivity contribution in [3.8, 4) is 0 Å². The molecule has 0 spiro atoms. The first-order valence-corrected chi connectivity index (χ1v) is 13.1. The third kappa shape index (κ3) is 4.85. The van der Waals surface area contributed by atoms with Gasteiger partial charge in [-0.05, 0) is 66.9 Å². The zero-order chi connectivity index (χ0) is 25.2. The number of sulfonamides is 1. The van der Waals surface area contributed by atoms with E-state index in [4.69, 9.17) is 0 Å². The van der Waals surface area contributed by atoms with Crippen LogP contribution >= 0.6 is 0 Å². The number of rotatable bonds is 7. The monoisotopic (exact) mass is 491 g/mol. The van der Waals surface area contributed by atoms with Crippen molar-refractivity contribution in [1.29, 1.82) is 0 Å². The highest BCUT2D eigenvalue weighted by Gasteiger charge is 2.26. The van der Waals surface area contributed by atoms with Crippen molar-refractivity contribution in [3.63, 3.8) is 0 Å². The molecule has 2 amide bonds. The molecule has 8 heteroatoms. The Morgan fingerprint density at radius 2 is 1.66 bits per heavy atom. The number of aryl methyl sites for hydroxylation is 1.